The summed E-state index contributed by atoms with van der Waals surface area (Å²) < 4.78 is 2.27. The van der Waals surface area contributed by atoms with Crippen molar-refractivity contribution in [2.45, 2.75) is 0 Å². The highest BCUT2D eigenvalue weighted by molar-refractivity contribution is 7.22. The molecule has 0 saturated heterocycles. The molecule has 9 aromatic rings. The van der Waals surface area contributed by atoms with Gasteiger partial charge in [0, 0.05) is 28.2 Å². The van der Waals surface area contributed by atoms with E-state index in [0.29, 0.717) is 0 Å². The van der Waals surface area contributed by atoms with Crippen LogP contribution in [0.1, 0.15) is 0 Å². The Bertz CT molecular complexity index is 2630. The zero-order chi connectivity index (χ0) is 33.1. The quantitative estimate of drug-likeness (QED) is 0.175. The van der Waals surface area contributed by atoms with Crippen LogP contribution in [0.2, 0.25) is 0 Å². The number of hydrogen-bond acceptors (Lipinski definition) is 2. The summed E-state index contributed by atoms with van der Waals surface area (Å²) in [6, 6.07) is 66.0. The fourth-order valence-corrected chi connectivity index (χ4v) is 13.3. The lowest BCUT2D eigenvalue weighted by molar-refractivity contribution is 1.11. The minimum absolute atomic E-state index is 0.719. The second-order valence-corrected chi connectivity index (χ2v) is 16.7. The molecule has 234 valence electrons. The summed E-state index contributed by atoms with van der Waals surface area (Å²) >= 11 is 0. The first-order valence-electron chi connectivity index (χ1n) is 17.1. The summed E-state index contributed by atoms with van der Waals surface area (Å²) in [5.41, 5.74) is 9.19. The Balaban J connectivity index is 1.12. The summed E-state index contributed by atoms with van der Waals surface area (Å²) in [4.78, 5) is 10.2. The van der Waals surface area contributed by atoms with Gasteiger partial charge < -0.3 is 0 Å². The van der Waals surface area contributed by atoms with E-state index < -0.39 is 8.07 Å². The maximum Gasteiger partial charge on any atom is 0.180 e. The number of nitrogens with zero attached hydrogens (tertiary/aromatic N) is 3. The first-order chi connectivity index (χ1) is 24.8. The molecule has 0 bridgehead atoms. The molecule has 1 aliphatic heterocycles. The van der Waals surface area contributed by atoms with Gasteiger partial charge in [-0.05, 0) is 61.2 Å². The molecule has 7 aromatic carbocycles. The fourth-order valence-electron chi connectivity index (χ4n) is 8.16. The third-order valence-corrected chi connectivity index (χ3v) is 15.3. The zero-order valence-electron chi connectivity index (χ0n) is 27.2. The number of fused-ring (bicyclic) bond motifs is 6. The summed E-state index contributed by atoms with van der Waals surface area (Å²) in [5, 5.41) is 7.83. The summed E-state index contributed by atoms with van der Waals surface area (Å²) in [6.07, 6.45) is 1.99. The molecule has 50 heavy (non-hydrogen) atoms. The maximum atomic E-state index is 5.28. The van der Waals surface area contributed by atoms with E-state index in [9.17, 15) is 0 Å². The molecule has 0 atom stereocenters. The van der Waals surface area contributed by atoms with E-state index in [1.165, 1.54) is 43.0 Å². The van der Waals surface area contributed by atoms with E-state index in [-0.39, 0.29) is 0 Å². The zero-order valence-corrected chi connectivity index (χ0v) is 28.2. The molecular weight excluding hydrogens is 623 g/mol. The van der Waals surface area contributed by atoms with Crippen LogP contribution in [-0.2, 0) is 0 Å². The fraction of sp³-hybridized carbons (Fsp3) is 0. The van der Waals surface area contributed by atoms with E-state index >= 15 is 0 Å². The Hall–Kier alpha value is -6.36. The Morgan fingerprint density at radius 2 is 0.960 bits per heavy atom. The second kappa shape index (κ2) is 11.4. The van der Waals surface area contributed by atoms with Crippen LogP contribution in [0.4, 0.5) is 0 Å². The van der Waals surface area contributed by atoms with Crippen molar-refractivity contribution in [1.29, 1.82) is 0 Å². The van der Waals surface area contributed by atoms with Crippen LogP contribution in [0.25, 0.3) is 61.3 Å². The van der Waals surface area contributed by atoms with Gasteiger partial charge in [0.2, 0.25) is 0 Å². The summed E-state index contributed by atoms with van der Waals surface area (Å²) in [7, 11) is -2.54. The highest BCUT2D eigenvalue weighted by Crippen LogP contribution is 2.33. The van der Waals surface area contributed by atoms with Crippen molar-refractivity contribution in [2.24, 2.45) is 0 Å². The highest BCUT2D eigenvalue weighted by atomic mass is 28.3. The van der Waals surface area contributed by atoms with Gasteiger partial charge in [-0.3, -0.25) is 4.57 Å². The number of rotatable bonds is 5. The Morgan fingerprint density at radius 3 is 1.66 bits per heavy atom. The molecule has 10 rings (SSSR count). The Labute approximate surface area is 291 Å². The number of aromatic nitrogens is 3. The number of hydrogen-bond donors (Lipinski definition) is 0. The molecule has 0 amide bonds. The number of benzene rings is 7. The van der Waals surface area contributed by atoms with E-state index in [0.717, 1.165) is 39.0 Å². The van der Waals surface area contributed by atoms with Gasteiger partial charge in [-0.15, -0.1) is 0 Å². The minimum Gasteiger partial charge on any atom is -0.294 e. The third kappa shape index (κ3) is 4.22. The second-order valence-electron chi connectivity index (χ2n) is 13.0. The molecule has 0 spiro atoms. The van der Waals surface area contributed by atoms with Crippen LogP contribution in [0.5, 0.6) is 0 Å². The normalized spacial score (nSPS) is 13.0. The van der Waals surface area contributed by atoms with Crippen molar-refractivity contribution < 1.29 is 0 Å². The molecule has 1 aliphatic rings. The molecule has 3 nitrogen and oxygen atoms in total. The highest BCUT2D eigenvalue weighted by Gasteiger charge is 2.48. The van der Waals surface area contributed by atoms with Crippen molar-refractivity contribution in [3.05, 3.63) is 188 Å². The maximum absolute atomic E-state index is 5.28. The monoisotopic (exact) mass is 653 g/mol. The molecule has 4 heteroatoms. The van der Waals surface area contributed by atoms with E-state index in [1.807, 2.05) is 6.20 Å². The smallest absolute Gasteiger partial charge is 0.180 e. The van der Waals surface area contributed by atoms with Crippen LogP contribution in [-0.4, -0.2) is 22.6 Å². The molecule has 0 fully saturated rings. The number of para-hydroxylation sites is 1. The van der Waals surface area contributed by atoms with Gasteiger partial charge >= 0.3 is 0 Å². The molecule has 3 heterocycles. The van der Waals surface area contributed by atoms with Crippen molar-refractivity contribution in [3.63, 3.8) is 0 Å². The molecule has 0 aliphatic carbocycles. The first-order valence-corrected chi connectivity index (χ1v) is 19.1. The Morgan fingerprint density at radius 1 is 0.420 bits per heavy atom. The topological polar surface area (TPSA) is 30.7 Å². The van der Waals surface area contributed by atoms with Crippen molar-refractivity contribution >= 4 is 50.8 Å². The molecule has 0 N–H and O–H groups in total. The van der Waals surface area contributed by atoms with Gasteiger partial charge in [0.1, 0.15) is 5.65 Å². The van der Waals surface area contributed by atoms with Gasteiger partial charge in [0.05, 0.1) is 5.52 Å². The Kier molecular flexibility index (Phi) is 6.51. The summed E-state index contributed by atoms with van der Waals surface area (Å²) in [6.45, 7) is 0. The van der Waals surface area contributed by atoms with E-state index in [2.05, 4.69) is 187 Å². The average molecular weight is 654 g/mol. The van der Waals surface area contributed by atoms with Crippen LogP contribution in [0.15, 0.2) is 188 Å². The largest absolute Gasteiger partial charge is 0.294 e. The van der Waals surface area contributed by atoms with Crippen molar-refractivity contribution in [2.75, 3.05) is 0 Å². The van der Waals surface area contributed by atoms with Crippen LogP contribution in [0, 0.1) is 0 Å². The van der Waals surface area contributed by atoms with Gasteiger partial charge in [0.15, 0.2) is 13.9 Å². The SMILES string of the molecule is c1ccc(-c2ccc(-n3c4ccccc4c4cnc(-c5ccc([Si]6(c7ccccc7)c7ccccc7-c7ccccc76)cc5)nc43)cc2)cc1. The van der Waals surface area contributed by atoms with Gasteiger partial charge in [-0.2, -0.15) is 0 Å². The minimum atomic E-state index is -2.54. The molecule has 0 radical (unpaired) electrons. The molecule has 2 aromatic heterocycles. The van der Waals surface area contributed by atoms with Gasteiger partial charge in [0.25, 0.3) is 0 Å². The van der Waals surface area contributed by atoms with Crippen molar-refractivity contribution in [1.82, 2.24) is 14.5 Å². The lowest BCUT2D eigenvalue weighted by Gasteiger charge is -2.31. The van der Waals surface area contributed by atoms with Crippen LogP contribution in [0.3, 0.4) is 0 Å². The molecule has 0 unspecified atom stereocenters. The van der Waals surface area contributed by atoms with Gasteiger partial charge in [-0.25, -0.2) is 9.97 Å². The lowest BCUT2D eigenvalue weighted by Crippen LogP contribution is -2.72. The average Bonchev–Trinajstić information content (AvgIpc) is 3.69. The standard InChI is InChI=1S/C46H31N3Si/c1-3-13-32(14-4-1)33-23-27-35(28-24-33)49-42-20-10-7-17-38(42)41-31-47-45(48-46(41)49)34-25-29-37(30-26-34)50(36-15-5-2-6-16-36)43-21-11-8-18-39(43)40-19-9-12-22-44(40)50/h1-31H. The molecule has 0 saturated carbocycles. The first kappa shape index (κ1) is 28.6. The lowest BCUT2D eigenvalue weighted by atomic mass is 10.1. The van der Waals surface area contributed by atoms with Crippen molar-refractivity contribution in [3.8, 4) is 39.3 Å². The van der Waals surface area contributed by atoms with Crippen LogP contribution < -0.4 is 20.7 Å². The molecular formula is C46H31N3Si. The predicted molar refractivity (Wildman–Crippen MR) is 210 cm³/mol. The predicted octanol–water partition coefficient (Wildman–Crippen LogP) is 8.27. The van der Waals surface area contributed by atoms with E-state index in [4.69, 9.17) is 9.97 Å². The van der Waals surface area contributed by atoms with E-state index in [1.54, 1.807) is 0 Å². The summed E-state index contributed by atoms with van der Waals surface area (Å²) in [5.74, 6) is 0.719. The van der Waals surface area contributed by atoms with Crippen LogP contribution >= 0.6 is 0 Å². The van der Waals surface area contributed by atoms with Gasteiger partial charge in [-0.1, -0.05) is 164 Å². The third-order valence-electron chi connectivity index (χ3n) is 10.4.